The molecule has 5 rings (SSSR count). The number of nitrogens with one attached hydrogen (secondary N) is 2. The van der Waals surface area contributed by atoms with E-state index in [1.54, 1.807) is 18.2 Å². The molecule has 30 heavy (non-hydrogen) atoms. The zero-order valence-corrected chi connectivity index (χ0v) is 16.8. The van der Waals surface area contributed by atoms with Crippen molar-refractivity contribution in [1.29, 1.82) is 0 Å². The van der Waals surface area contributed by atoms with Gasteiger partial charge in [-0.1, -0.05) is 25.3 Å². The van der Waals surface area contributed by atoms with Crippen LogP contribution in [0.4, 0.5) is 5.69 Å². The Morgan fingerprint density at radius 1 is 1.00 bits per heavy atom. The Kier molecular flexibility index (Phi) is 4.42. The third kappa shape index (κ3) is 3.00. The van der Waals surface area contributed by atoms with Gasteiger partial charge in [0, 0.05) is 28.2 Å². The average molecular weight is 401 g/mol. The summed E-state index contributed by atoms with van der Waals surface area (Å²) in [6.07, 6.45) is 4.95. The lowest BCUT2D eigenvalue weighted by molar-refractivity contribution is 0.0549. The van der Waals surface area contributed by atoms with E-state index in [4.69, 9.17) is 0 Å². The second-order valence-corrected chi connectivity index (χ2v) is 8.21. The summed E-state index contributed by atoms with van der Waals surface area (Å²) in [6, 6.07) is 12.4. The Labute approximate surface area is 174 Å². The molecule has 1 aliphatic heterocycles. The first-order chi connectivity index (χ1) is 14.5. The minimum absolute atomic E-state index is 0.0298. The summed E-state index contributed by atoms with van der Waals surface area (Å²) < 4.78 is 0. The van der Waals surface area contributed by atoms with E-state index >= 15 is 0 Å². The summed E-state index contributed by atoms with van der Waals surface area (Å²) in [5.74, 6) is -0.818. The number of aromatic amines is 1. The van der Waals surface area contributed by atoms with Gasteiger partial charge in [0.2, 0.25) is 0 Å². The van der Waals surface area contributed by atoms with E-state index < -0.39 is 0 Å². The highest BCUT2D eigenvalue weighted by atomic mass is 16.2. The van der Waals surface area contributed by atoms with Crippen molar-refractivity contribution in [2.24, 2.45) is 0 Å². The molecule has 3 aromatic rings. The summed E-state index contributed by atoms with van der Waals surface area (Å²) in [5.41, 5.74) is 3.75. The molecule has 1 saturated carbocycles. The first-order valence-corrected chi connectivity index (χ1v) is 10.4. The van der Waals surface area contributed by atoms with Crippen LogP contribution >= 0.6 is 0 Å². The van der Waals surface area contributed by atoms with Crippen molar-refractivity contribution < 1.29 is 14.4 Å². The number of carbonyl (C=O) groups is 3. The standard InChI is InChI=1S/C24H23N3O3/c1-14-12-19-20(25-14)8-5-9-21(19)26-22(28)15-10-11-17-18(13-15)24(30)27(23(17)29)16-6-3-2-4-7-16/h5,8-13,16,25H,2-4,6-7H2,1H3,(H,26,28). The molecule has 1 aromatic heterocycles. The van der Waals surface area contributed by atoms with Crippen LogP contribution in [0.15, 0.2) is 42.5 Å². The molecule has 2 N–H and O–H groups in total. The van der Waals surface area contributed by atoms with Crippen LogP contribution < -0.4 is 5.32 Å². The highest BCUT2D eigenvalue weighted by Gasteiger charge is 2.40. The molecule has 152 valence electrons. The normalized spacial score (nSPS) is 16.9. The van der Waals surface area contributed by atoms with Crippen molar-refractivity contribution in [3.8, 4) is 0 Å². The number of H-pyrrole nitrogens is 1. The second-order valence-electron chi connectivity index (χ2n) is 8.21. The zero-order chi connectivity index (χ0) is 20.8. The van der Waals surface area contributed by atoms with E-state index in [1.807, 2.05) is 31.2 Å². The molecule has 0 unspecified atom stereocenters. The number of amides is 3. The van der Waals surface area contributed by atoms with Gasteiger partial charge in [0.1, 0.15) is 0 Å². The van der Waals surface area contributed by atoms with Crippen molar-refractivity contribution >= 4 is 34.3 Å². The molecule has 6 heteroatoms. The number of imide groups is 1. The summed E-state index contributed by atoms with van der Waals surface area (Å²) in [6.45, 7) is 1.97. The molecule has 1 fully saturated rings. The minimum atomic E-state index is -0.305. The van der Waals surface area contributed by atoms with E-state index in [0.717, 1.165) is 48.7 Å². The first-order valence-electron chi connectivity index (χ1n) is 10.4. The number of nitrogens with zero attached hydrogens (tertiary/aromatic N) is 1. The maximum atomic E-state index is 13.0. The van der Waals surface area contributed by atoms with Crippen LogP contribution in [-0.2, 0) is 0 Å². The molecule has 6 nitrogen and oxygen atoms in total. The van der Waals surface area contributed by atoms with Gasteiger partial charge in [-0.25, -0.2) is 0 Å². The third-order valence-corrected chi connectivity index (χ3v) is 6.17. The third-order valence-electron chi connectivity index (χ3n) is 6.17. The first kappa shape index (κ1) is 18.6. The second kappa shape index (κ2) is 7.13. The lowest BCUT2D eigenvalue weighted by Crippen LogP contribution is -2.40. The average Bonchev–Trinajstić information content (AvgIpc) is 3.26. The fourth-order valence-corrected chi connectivity index (χ4v) is 4.67. The van der Waals surface area contributed by atoms with Gasteiger partial charge in [0.25, 0.3) is 17.7 Å². The Morgan fingerprint density at radius 2 is 1.77 bits per heavy atom. The molecule has 3 amide bonds. The van der Waals surface area contributed by atoms with Crippen molar-refractivity contribution in [2.45, 2.75) is 45.1 Å². The Bertz CT molecular complexity index is 1190. The Morgan fingerprint density at radius 3 is 2.57 bits per heavy atom. The maximum Gasteiger partial charge on any atom is 0.261 e. The van der Waals surface area contributed by atoms with Crippen molar-refractivity contribution in [2.75, 3.05) is 5.32 Å². The summed E-state index contributed by atoms with van der Waals surface area (Å²) in [4.78, 5) is 43.4. The molecular weight excluding hydrogens is 378 g/mol. The fraction of sp³-hybridized carbons (Fsp3) is 0.292. The number of hydrogen-bond acceptors (Lipinski definition) is 3. The minimum Gasteiger partial charge on any atom is -0.359 e. The smallest absolute Gasteiger partial charge is 0.261 e. The van der Waals surface area contributed by atoms with Gasteiger partial charge in [-0.3, -0.25) is 19.3 Å². The predicted octanol–water partition coefficient (Wildman–Crippen LogP) is 4.66. The zero-order valence-electron chi connectivity index (χ0n) is 16.8. The summed E-state index contributed by atoms with van der Waals surface area (Å²) in [5, 5.41) is 3.87. The number of hydrogen-bond donors (Lipinski definition) is 2. The topological polar surface area (TPSA) is 82.3 Å². The molecule has 0 bridgehead atoms. The van der Waals surface area contributed by atoms with Crippen molar-refractivity contribution in [3.05, 3.63) is 64.8 Å². The van der Waals surface area contributed by atoms with Gasteiger partial charge in [-0.15, -0.1) is 0 Å². The van der Waals surface area contributed by atoms with E-state index in [2.05, 4.69) is 10.3 Å². The lowest BCUT2D eigenvalue weighted by Gasteiger charge is -2.29. The molecule has 1 aliphatic carbocycles. The van der Waals surface area contributed by atoms with Crippen LogP contribution in [0.25, 0.3) is 10.9 Å². The van der Waals surface area contributed by atoms with Crippen molar-refractivity contribution in [3.63, 3.8) is 0 Å². The number of carbonyl (C=O) groups excluding carboxylic acids is 3. The van der Waals surface area contributed by atoms with E-state index in [1.165, 1.54) is 4.90 Å². The van der Waals surface area contributed by atoms with Gasteiger partial charge in [0.15, 0.2) is 0 Å². The van der Waals surface area contributed by atoms with Crippen LogP contribution in [0.2, 0.25) is 0 Å². The number of anilines is 1. The van der Waals surface area contributed by atoms with E-state index in [-0.39, 0.29) is 23.8 Å². The Hall–Kier alpha value is -3.41. The SMILES string of the molecule is Cc1cc2c(NC(=O)c3ccc4c(c3)C(=O)N(C3CCCCC3)C4=O)cccc2[nH]1. The monoisotopic (exact) mass is 401 g/mol. The number of rotatable bonds is 3. The predicted molar refractivity (Wildman–Crippen MR) is 115 cm³/mol. The van der Waals surface area contributed by atoms with Gasteiger partial charge in [-0.05, 0) is 56.2 Å². The molecule has 0 spiro atoms. The fourth-order valence-electron chi connectivity index (χ4n) is 4.67. The quantitative estimate of drug-likeness (QED) is 0.627. The lowest BCUT2D eigenvalue weighted by atomic mass is 9.94. The number of aryl methyl sites for hydroxylation is 1. The van der Waals surface area contributed by atoms with Crippen LogP contribution in [0.1, 0.15) is 68.9 Å². The number of benzene rings is 2. The highest BCUT2D eigenvalue weighted by molar-refractivity contribution is 6.22. The van der Waals surface area contributed by atoms with Crippen molar-refractivity contribution in [1.82, 2.24) is 9.88 Å². The highest BCUT2D eigenvalue weighted by Crippen LogP contribution is 2.32. The molecule has 2 aromatic carbocycles. The van der Waals surface area contributed by atoms with E-state index in [9.17, 15) is 14.4 Å². The Balaban J connectivity index is 1.42. The number of aromatic nitrogens is 1. The van der Waals surface area contributed by atoms with E-state index in [0.29, 0.717) is 22.4 Å². The summed E-state index contributed by atoms with van der Waals surface area (Å²) >= 11 is 0. The molecule has 0 radical (unpaired) electrons. The van der Waals surface area contributed by atoms with Crippen LogP contribution in [0.5, 0.6) is 0 Å². The molecule has 0 saturated heterocycles. The van der Waals surface area contributed by atoms with Gasteiger partial charge >= 0.3 is 0 Å². The molecule has 2 aliphatic rings. The maximum absolute atomic E-state index is 13.0. The van der Waals surface area contributed by atoms with Crippen LogP contribution in [-0.4, -0.2) is 33.6 Å². The van der Waals surface area contributed by atoms with Gasteiger partial charge < -0.3 is 10.3 Å². The van der Waals surface area contributed by atoms with Gasteiger partial charge in [0.05, 0.1) is 16.8 Å². The van der Waals surface area contributed by atoms with Crippen LogP contribution in [0, 0.1) is 6.92 Å². The largest absolute Gasteiger partial charge is 0.359 e. The summed E-state index contributed by atoms with van der Waals surface area (Å²) in [7, 11) is 0. The molecule has 2 heterocycles. The molecule has 0 atom stereocenters. The number of fused-ring (bicyclic) bond motifs is 2. The molecular formula is C24H23N3O3. The van der Waals surface area contributed by atoms with Gasteiger partial charge in [-0.2, -0.15) is 0 Å². The van der Waals surface area contributed by atoms with Crippen LogP contribution in [0.3, 0.4) is 0 Å².